The van der Waals surface area contributed by atoms with Gasteiger partial charge in [-0.1, -0.05) is 18.2 Å². The molecule has 0 radical (unpaired) electrons. The van der Waals surface area contributed by atoms with Gasteiger partial charge in [0.15, 0.2) is 11.5 Å². The number of hydrogen-bond acceptors (Lipinski definition) is 5. The van der Waals surface area contributed by atoms with E-state index in [1.54, 1.807) is 46.2 Å². The fourth-order valence-electron chi connectivity index (χ4n) is 2.60. The van der Waals surface area contributed by atoms with Gasteiger partial charge >= 0.3 is 5.97 Å². The van der Waals surface area contributed by atoms with Crippen molar-refractivity contribution in [1.29, 1.82) is 0 Å². The van der Waals surface area contributed by atoms with Crippen LogP contribution >= 0.6 is 11.3 Å². The van der Waals surface area contributed by atoms with Crippen molar-refractivity contribution in [2.75, 3.05) is 7.11 Å². The number of esters is 1. The fourth-order valence-corrected chi connectivity index (χ4v) is 3.33. The van der Waals surface area contributed by atoms with Crippen molar-refractivity contribution in [3.63, 3.8) is 0 Å². The predicted molar refractivity (Wildman–Crippen MR) is 93.0 cm³/mol. The number of aromatic nitrogens is 3. The van der Waals surface area contributed by atoms with Gasteiger partial charge in [-0.3, -0.25) is 0 Å². The molecule has 0 fully saturated rings. The molecule has 0 saturated carbocycles. The van der Waals surface area contributed by atoms with Gasteiger partial charge in [0.2, 0.25) is 0 Å². The van der Waals surface area contributed by atoms with Crippen LogP contribution in [0.25, 0.3) is 27.6 Å². The van der Waals surface area contributed by atoms with Gasteiger partial charge in [0, 0.05) is 0 Å². The first-order valence-corrected chi connectivity index (χ1v) is 8.34. The molecule has 0 unspecified atom stereocenters. The number of thiophene rings is 1. The maximum Gasteiger partial charge on any atom is 0.341 e. The first-order chi connectivity index (χ1) is 12.2. The normalized spacial score (nSPS) is 11.0. The molecule has 124 valence electrons. The number of benzene rings is 1. The number of pyridine rings is 1. The van der Waals surface area contributed by atoms with Crippen LogP contribution in [0, 0.1) is 5.82 Å². The molecule has 4 rings (SSSR count). The zero-order chi connectivity index (χ0) is 17.4. The summed E-state index contributed by atoms with van der Waals surface area (Å²) in [5.41, 5.74) is 1.65. The van der Waals surface area contributed by atoms with Crippen molar-refractivity contribution in [2.45, 2.75) is 0 Å². The van der Waals surface area contributed by atoms with Crippen LogP contribution in [0.15, 0.2) is 53.9 Å². The van der Waals surface area contributed by atoms with Gasteiger partial charge in [0.1, 0.15) is 11.4 Å². The van der Waals surface area contributed by atoms with Crippen LogP contribution in [0.1, 0.15) is 10.4 Å². The van der Waals surface area contributed by atoms with Crippen molar-refractivity contribution in [2.24, 2.45) is 0 Å². The Morgan fingerprint density at radius 2 is 2.00 bits per heavy atom. The lowest BCUT2D eigenvalue weighted by Gasteiger charge is -2.05. The molecule has 0 saturated heterocycles. The van der Waals surface area contributed by atoms with E-state index in [2.05, 4.69) is 10.1 Å². The molecule has 7 heteroatoms. The van der Waals surface area contributed by atoms with Crippen LogP contribution in [0.4, 0.5) is 4.39 Å². The molecule has 3 aromatic heterocycles. The number of carbonyl (C=O) groups excluding carboxylic acids is 1. The van der Waals surface area contributed by atoms with E-state index in [1.165, 1.54) is 13.2 Å². The molecule has 5 nitrogen and oxygen atoms in total. The standard InChI is InChI=1S/C18H12FN3O2S/c1-24-18(23)12-8-9-14(15-7-4-10-25-15)22-17(12)20-16(21-22)11-5-2-3-6-13(11)19/h2-10H,1H3. The van der Waals surface area contributed by atoms with Crippen molar-refractivity contribution in [3.05, 3.63) is 65.3 Å². The summed E-state index contributed by atoms with van der Waals surface area (Å²) in [6.07, 6.45) is 0. The summed E-state index contributed by atoms with van der Waals surface area (Å²) in [5, 5.41) is 6.39. The summed E-state index contributed by atoms with van der Waals surface area (Å²) >= 11 is 1.54. The van der Waals surface area contributed by atoms with E-state index in [1.807, 2.05) is 17.5 Å². The molecule has 0 bridgehead atoms. The van der Waals surface area contributed by atoms with E-state index in [4.69, 9.17) is 4.74 Å². The van der Waals surface area contributed by atoms with Gasteiger partial charge in [0.05, 0.1) is 23.2 Å². The molecule has 0 aliphatic heterocycles. The van der Waals surface area contributed by atoms with Crippen LogP contribution in [-0.2, 0) is 4.74 Å². The third-order valence-corrected chi connectivity index (χ3v) is 4.67. The SMILES string of the molecule is COC(=O)c1ccc(-c2cccs2)n2nc(-c3ccccc3F)nc12. The summed E-state index contributed by atoms with van der Waals surface area (Å²) in [7, 11) is 1.31. The second-order valence-corrected chi connectivity index (χ2v) is 6.20. The van der Waals surface area contributed by atoms with E-state index in [0.717, 1.165) is 10.6 Å². The van der Waals surface area contributed by atoms with Gasteiger partial charge in [-0.05, 0) is 35.7 Å². The second-order valence-electron chi connectivity index (χ2n) is 5.25. The van der Waals surface area contributed by atoms with Gasteiger partial charge in [-0.2, -0.15) is 0 Å². The van der Waals surface area contributed by atoms with Gasteiger partial charge in [0.25, 0.3) is 0 Å². The summed E-state index contributed by atoms with van der Waals surface area (Å²) in [4.78, 5) is 17.4. The Morgan fingerprint density at radius 3 is 2.72 bits per heavy atom. The molecule has 0 spiro atoms. The number of fused-ring (bicyclic) bond motifs is 1. The fraction of sp³-hybridized carbons (Fsp3) is 0.0556. The summed E-state index contributed by atoms with van der Waals surface area (Å²) < 4.78 is 20.5. The minimum absolute atomic E-state index is 0.215. The topological polar surface area (TPSA) is 56.5 Å². The lowest BCUT2D eigenvalue weighted by molar-refractivity contribution is 0.0602. The van der Waals surface area contributed by atoms with Crippen molar-refractivity contribution in [3.8, 4) is 22.0 Å². The lowest BCUT2D eigenvalue weighted by atomic mass is 10.2. The zero-order valence-corrected chi connectivity index (χ0v) is 14.0. The largest absolute Gasteiger partial charge is 0.465 e. The van der Waals surface area contributed by atoms with Gasteiger partial charge < -0.3 is 4.74 Å². The Balaban J connectivity index is 2.01. The highest BCUT2D eigenvalue weighted by Crippen LogP contribution is 2.28. The monoisotopic (exact) mass is 353 g/mol. The van der Waals surface area contributed by atoms with Gasteiger partial charge in [-0.25, -0.2) is 18.7 Å². The molecule has 0 atom stereocenters. The van der Waals surface area contributed by atoms with Crippen molar-refractivity contribution >= 4 is 23.0 Å². The van der Waals surface area contributed by atoms with Crippen LogP contribution < -0.4 is 0 Å². The third kappa shape index (κ3) is 2.58. The van der Waals surface area contributed by atoms with E-state index >= 15 is 0 Å². The molecule has 4 aromatic rings. The Bertz CT molecular complexity index is 1070. The minimum atomic E-state index is -0.518. The van der Waals surface area contributed by atoms with Crippen LogP contribution in [0.3, 0.4) is 0 Å². The lowest BCUT2D eigenvalue weighted by Crippen LogP contribution is -2.05. The molecular weight excluding hydrogens is 341 g/mol. The van der Waals surface area contributed by atoms with Crippen LogP contribution in [-0.4, -0.2) is 27.7 Å². The van der Waals surface area contributed by atoms with Crippen LogP contribution in [0.2, 0.25) is 0 Å². The maximum atomic E-state index is 14.1. The molecule has 1 aromatic carbocycles. The molecule has 0 N–H and O–H groups in total. The molecule has 0 aliphatic carbocycles. The molecule has 0 aliphatic rings. The molecular formula is C18H12FN3O2S. The highest BCUT2D eigenvalue weighted by molar-refractivity contribution is 7.13. The highest BCUT2D eigenvalue weighted by Gasteiger charge is 2.20. The first-order valence-electron chi connectivity index (χ1n) is 7.46. The molecule has 3 heterocycles. The Hall–Kier alpha value is -3.06. The average Bonchev–Trinajstić information content (AvgIpc) is 3.30. The number of methoxy groups -OCH3 is 1. The van der Waals surface area contributed by atoms with E-state index in [9.17, 15) is 9.18 Å². The van der Waals surface area contributed by atoms with E-state index in [0.29, 0.717) is 5.65 Å². The van der Waals surface area contributed by atoms with Crippen LogP contribution in [0.5, 0.6) is 0 Å². The quantitative estimate of drug-likeness (QED) is 0.522. The summed E-state index contributed by atoms with van der Waals surface area (Å²) in [5.74, 6) is -0.724. The molecule has 25 heavy (non-hydrogen) atoms. The Kier molecular flexibility index (Phi) is 3.77. The van der Waals surface area contributed by atoms with E-state index in [-0.39, 0.29) is 17.0 Å². The summed E-state index contributed by atoms with van der Waals surface area (Å²) in [6.45, 7) is 0. The number of rotatable bonds is 3. The first kappa shape index (κ1) is 15.5. The van der Waals surface area contributed by atoms with Crippen molar-refractivity contribution in [1.82, 2.24) is 14.6 Å². The number of hydrogen-bond donors (Lipinski definition) is 0. The van der Waals surface area contributed by atoms with E-state index < -0.39 is 11.8 Å². The summed E-state index contributed by atoms with van der Waals surface area (Å²) in [6, 6.07) is 13.6. The average molecular weight is 353 g/mol. The maximum absolute atomic E-state index is 14.1. The number of ether oxygens (including phenoxy) is 1. The third-order valence-electron chi connectivity index (χ3n) is 3.78. The zero-order valence-electron chi connectivity index (χ0n) is 13.1. The number of halogens is 1. The Labute approximate surface area is 146 Å². The van der Waals surface area contributed by atoms with Gasteiger partial charge in [-0.15, -0.1) is 16.4 Å². The number of carbonyl (C=O) groups is 1. The predicted octanol–water partition coefficient (Wildman–Crippen LogP) is 4.05. The van der Waals surface area contributed by atoms with Crippen molar-refractivity contribution < 1.29 is 13.9 Å². The number of nitrogens with zero attached hydrogens (tertiary/aromatic N) is 3. The highest BCUT2D eigenvalue weighted by atomic mass is 32.1. The Morgan fingerprint density at radius 1 is 1.16 bits per heavy atom. The minimum Gasteiger partial charge on any atom is -0.465 e. The second kappa shape index (κ2) is 6.10. The molecule has 0 amide bonds. The smallest absolute Gasteiger partial charge is 0.341 e.